The topological polar surface area (TPSA) is 73.8 Å². The van der Waals surface area contributed by atoms with E-state index in [9.17, 15) is 4.79 Å². The molecule has 0 aliphatic rings. The first-order valence-corrected chi connectivity index (χ1v) is 9.65. The van der Waals surface area contributed by atoms with Crippen LogP contribution in [0.2, 0.25) is 0 Å². The average molecular weight is 364 g/mol. The summed E-state index contributed by atoms with van der Waals surface area (Å²) in [5.74, 6) is 1.26. The Labute approximate surface area is 148 Å². The molecule has 1 atom stereocenters. The number of thiophene rings is 1. The SMILES string of the molecule is CCc1noc(C(C)Sc2nc3sc(C)c(C)c3c(=O)n2CC)n1. The van der Waals surface area contributed by atoms with Crippen molar-refractivity contribution in [2.45, 2.75) is 58.0 Å². The summed E-state index contributed by atoms with van der Waals surface area (Å²) < 4.78 is 7.03. The van der Waals surface area contributed by atoms with Gasteiger partial charge in [0.15, 0.2) is 11.0 Å². The smallest absolute Gasteiger partial charge is 0.263 e. The van der Waals surface area contributed by atoms with Crippen molar-refractivity contribution < 1.29 is 4.52 Å². The highest BCUT2D eigenvalue weighted by Crippen LogP contribution is 2.34. The van der Waals surface area contributed by atoms with Crippen molar-refractivity contribution in [3.8, 4) is 0 Å². The molecule has 0 amide bonds. The van der Waals surface area contributed by atoms with Gasteiger partial charge >= 0.3 is 0 Å². The van der Waals surface area contributed by atoms with Gasteiger partial charge in [0.05, 0.1) is 10.6 Å². The molecule has 1 unspecified atom stereocenters. The highest BCUT2D eigenvalue weighted by molar-refractivity contribution is 7.99. The highest BCUT2D eigenvalue weighted by atomic mass is 32.2. The molecular formula is C16H20N4O2S2. The second kappa shape index (κ2) is 6.68. The zero-order valence-corrected chi connectivity index (χ0v) is 16.0. The zero-order valence-electron chi connectivity index (χ0n) is 14.4. The van der Waals surface area contributed by atoms with Crippen LogP contribution in [0.4, 0.5) is 0 Å². The third-order valence-electron chi connectivity index (χ3n) is 4.00. The van der Waals surface area contributed by atoms with Gasteiger partial charge in [0, 0.05) is 17.8 Å². The summed E-state index contributed by atoms with van der Waals surface area (Å²) >= 11 is 3.05. The first-order valence-electron chi connectivity index (χ1n) is 7.95. The molecule has 0 aliphatic carbocycles. The molecule has 3 aromatic heterocycles. The van der Waals surface area contributed by atoms with E-state index >= 15 is 0 Å². The molecular weight excluding hydrogens is 344 g/mol. The molecule has 3 aromatic rings. The first-order chi connectivity index (χ1) is 11.5. The van der Waals surface area contributed by atoms with Gasteiger partial charge in [-0.2, -0.15) is 4.98 Å². The summed E-state index contributed by atoms with van der Waals surface area (Å²) in [6.45, 7) is 10.5. The highest BCUT2D eigenvalue weighted by Gasteiger charge is 2.21. The minimum Gasteiger partial charge on any atom is -0.338 e. The number of rotatable bonds is 5. The number of thioether (sulfide) groups is 1. The number of aromatic nitrogens is 4. The maximum atomic E-state index is 12.8. The Morgan fingerprint density at radius 2 is 2.04 bits per heavy atom. The van der Waals surface area contributed by atoms with Gasteiger partial charge in [0.1, 0.15) is 4.83 Å². The van der Waals surface area contributed by atoms with Crippen molar-refractivity contribution in [3.05, 3.63) is 32.5 Å². The second-order valence-electron chi connectivity index (χ2n) is 5.57. The molecule has 0 radical (unpaired) electrons. The van der Waals surface area contributed by atoms with Crippen LogP contribution < -0.4 is 5.56 Å². The van der Waals surface area contributed by atoms with E-state index < -0.39 is 0 Å². The maximum absolute atomic E-state index is 12.8. The van der Waals surface area contributed by atoms with Crippen LogP contribution in [0.1, 0.15) is 48.2 Å². The van der Waals surface area contributed by atoms with Crippen molar-refractivity contribution in [1.29, 1.82) is 0 Å². The van der Waals surface area contributed by atoms with E-state index in [0.29, 0.717) is 23.4 Å². The van der Waals surface area contributed by atoms with E-state index in [2.05, 4.69) is 10.1 Å². The minimum absolute atomic E-state index is 0.0267. The number of nitrogens with zero attached hydrogens (tertiary/aromatic N) is 4. The molecule has 0 spiro atoms. The minimum atomic E-state index is -0.0675. The summed E-state index contributed by atoms with van der Waals surface area (Å²) in [5.41, 5.74) is 1.06. The number of hydrogen-bond acceptors (Lipinski definition) is 7. The molecule has 0 fully saturated rings. The van der Waals surface area contributed by atoms with Gasteiger partial charge in [-0.15, -0.1) is 11.3 Å². The molecule has 8 heteroatoms. The third kappa shape index (κ3) is 2.88. The standard InChI is InChI=1S/C16H20N4O2S2/c1-6-11-17-13(22-19-11)10(5)24-16-18-14-12(8(3)9(4)23-14)15(21)20(16)7-2/h10H,6-7H2,1-5H3. The van der Waals surface area contributed by atoms with Gasteiger partial charge in [-0.05, 0) is 33.3 Å². The predicted octanol–water partition coefficient (Wildman–Crippen LogP) is 3.89. The lowest BCUT2D eigenvalue weighted by atomic mass is 10.2. The van der Waals surface area contributed by atoms with E-state index in [1.54, 1.807) is 15.9 Å². The third-order valence-corrected chi connectivity index (χ3v) is 6.18. The summed E-state index contributed by atoms with van der Waals surface area (Å²) in [7, 11) is 0. The van der Waals surface area contributed by atoms with E-state index in [-0.39, 0.29) is 10.8 Å². The van der Waals surface area contributed by atoms with E-state index in [4.69, 9.17) is 9.51 Å². The van der Waals surface area contributed by atoms with Gasteiger partial charge in [-0.25, -0.2) is 4.98 Å². The van der Waals surface area contributed by atoms with Crippen LogP contribution in [0.5, 0.6) is 0 Å². The van der Waals surface area contributed by atoms with Crippen LogP contribution >= 0.6 is 23.1 Å². The van der Waals surface area contributed by atoms with Crippen LogP contribution in [0, 0.1) is 13.8 Å². The number of hydrogen-bond donors (Lipinski definition) is 0. The second-order valence-corrected chi connectivity index (χ2v) is 8.08. The molecule has 0 aromatic carbocycles. The summed E-state index contributed by atoms with van der Waals surface area (Å²) in [6.07, 6.45) is 0.735. The van der Waals surface area contributed by atoms with Crippen molar-refractivity contribution in [3.63, 3.8) is 0 Å². The monoisotopic (exact) mass is 364 g/mol. The van der Waals surface area contributed by atoms with Crippen LogP contribution in [0.25, 0.3) is 10.2 Å². The molecule has 24 heavy (non-hydrogen) atoms. The molecule has 0 bridgehead atoms. The van der Waals surface area contributed by atoms with Gasteiger partial charge in [0.25, 0.3) is 5.56 Å². The van der Waals surface area contributed by atoms with Crippen molar-refractivity contribution in [2.24, 2.45) is 0 Å². The fourth-order valence-electron chi connectivity index (χ4n) is 2.46. The Morgan fingerprint density at radius 3 is 2.67 bits per heavy atom. The van der Waals surface area contributed by atoms with E-state index in [1.165, 1.54) is 11.8 Å². The van der Waals surface area contributed by atoms with Gasteiger partial charge in [-0.3, -0.25) is 9.36 Å². The van der Waals surface area contributed by atoms with Crippen molar-refractivity contribution >= 4 is 33.3 Å². The van der Waals surface area contributed by atoms with Crippen LogP contribution in [0.3, 0.4) is 0 Å². The lowest BCUT2D eigenvalue weighted by Crippen LogP contribution is -2.22. The van der Waals surface area contributed by atoms with Gasteiger partial charge in [0.2, 0.25) is 5.89 Å². The number of aryl methyl sites for hydroxylation is 3. The molecule has 0 aliphatic heterocycles. The molecule has 6 nitrogen and oxygen atoms in total. The molecule has 0 N–H and O–H groups in total. The summed E-state index contributed by atoms with van der Waals surface area (Å²) in [6, 6.07) is 0. The maximum Gasteiger partial charge on any atom is 0.263 e. The molecule has 0 saturated heterocycles. The van der Waals surface area contributed by atoms with E-state index in [1.807, 2.05) is 34.6 Å². The molecule has 128 valence electrons. The Bertz CT molecular complexity index is 942. The van der Waals surface area contributed by atoms with Crippen molar-refractivity contribution in [2.75, 3.05) is 0 Å². The molecule has 3 heterocycles. The summed E-state index contributed by atoms with van der Waals surface area (Å²) in [5, 5.41) is 5.30. The van der Waals surface area contributed by atoms with Crippen molar-refractivity contribution in [1.82, 2.24) is 19.7 Å². The predicted molar refractivity (Wildman–Crippen MR) is 97.0 cm³/mol. The largest absolute Gasteiger partial charge is 0.338 e. The Hall–Kier alpha value is -1.67. The Balaban J connectivity index is 2.03. The quantitative estimate of drug-likeness (QED) is 0.505. The Kier molecular flexibility index (Phi) is 4.78. The fraction of sp³-hybridized carbons (Fsp3) is 0.500. The Morgan fingerprint density at radius 1 is 1.29 bits per heavy atom. The zero-order chi connectivity index (χ0) is 17.4. The van der Waals surface area contributed by atoms with Gasteiger partial charge in [-0.1, -0.05) is 23.8 Å². The lowest BCUT2D eigenvalue weighted by Gasteiger charge is -2.12. The van der Waals surface area contributed by atoms with Gasteiger partial charge < -0.3 is 4.52 Å². The fourth-order valence-corrected chi connectivity index (χ4v) is 4.54. The molecule has 0 saturated carbocycles. The first kappa shape index (κ1) is 17.2. The number of fused-ring (bicyclic) bond motifs is 1. The summed E-state index contributed by atoms with van der Waals surface area (Å²) in [4.78, 5) is 23.9. The van der Waals surface area contributed by atoms with Crippen LogP contribution in [-0.2, 0) is 13.0 Å². The average Bonchev–Trinajstić information content (AvgIpc) is 3.13. The molecule has 3 rings (SSSR count). The van der Waals surface area contributed by atoms with Crippen LogP contribution in [-0.4, -0.2) is 19.7 Å². The lowest BCUT2D eigenvalue weighted by molar-refractivity contribution is 0.375. The van der Waals surface area contributed by atoms with E-state index in [0.717, 1.165) is 27.1 Å². The van der Waals surface area contributed by atoms with Crippen LogP contribution in [0.15, 0.2) is 14.5 Å². The normalized spacial score (nSPS) is 12.9.